The molecule has 1 N–H and O–H groups in total. The molecule has 0 saturated carbocycles. The lowest BCUT2D eigenvalue weighted by Gasteiger charge is -2.16. The Labute approximate surface area is 115 Å². The number of hydrogen-bond acceptors (Lipinski definition) is 5. The molecular weight excluding hydrogens is 262 g/mol. The average molecular weight is 277 g/mol. The van der Waals surface area contributed by atoms with Crippen LogP contribution in [-0.4, -0.2) is 26.0 Å². The first-order valence-corrected chi connectivity index (χ1v) is 6.68. The molecule has 5 nitrogen and oxygen atoms in total. The molecule has 0 aliphatic carbocycles. The van der Waals surface area contributed by atoms with Gasteiger partial charge in [-0.2, -0.15) is 0 Å². The molecular formula is C13H15N3O2S. The lowest BCUT2D eigenvalue weighted by Crippen LogP contribution is -2.15. The van der Waals surface area contributed by atoms with Crippen LogP contribution in [0.15, 0.2) is 18.6 Å². The van der Waals surface area contributed by atoms with Gasteiger partial charge in [-0.1, -0.05) is 20.8 Å². The molecule has 0 atom stereocenters. The van der Waals surface area contributed by atoms with Crippen LogP contribution in [0.2, 0.25) is 0 Å². The first-order valence-electron chi connectivity index (χ1n) is 5.86. The largest absolute Gasteiger partial charge is 0.481 e. The van der Waals surface area contributed by atoms with E-state index in [0.29, 0.717) is 10.7 Å². The number of carboxylic acids is 1. The van der Waals surface area contributed by atoms with Gasteiger partial charge in [0.25, 0.3) is 0 Å². The van der Waals surface area contributed by atoms with Gasteiger partial charge in [-0.25, -0.2) is 4.98 Å². The van der Waals surface area contributed by atoms with Crippen molar-refractivity contribution in [3.8, 4) is 10.7 Å². The number of carboxylic acid groups (broad SMARTS) is 1. The normalized spacial score (nSPS) is 11.5. The van der Waals surface area contributed by atoms with Crippen LogP contribution in [0.5, 0.6) is 0 Å². The molecule has 0 saturated heterocycles. The Morgan fingerprint density at radius 3 is 2.63 bits per heavy atom. The van der Waals surface area contributed by atoms with Crippen molar-refractivity contribution in [1.82, 2.24) is 15.0 Å². The van der Waals surface area contributed by atoms with E-state index < -0.39 is 5.97 Å². The summed E-state index contributed by atoms with van der Waals surface area (Å²) in [4.78, 5) is 24.5. The zero-order valence-corrected chi connectivity index (χ0v) is 11.9. The molecule has 0 aliphatic rings. The van der Waals surface area contributed by atoms with E-state index in [1.54, 1.807) is 18.6 Å². The Bertz CT molecular complexity index is 588. The van der Waals surface area contributed by atoms with Crippen molar-refractivity contribution in [1.29, 1.82) is 0 Å². The van der Waals surface area contributed by atoms with E-state index in [-0.39, 0.29) is 11.8 Å². The number of aliphatic carboxylic acids is 1. The summed E-state index contributed by atoms with van der Waals surface area (Å²) >= 11 is 1.37. The zero-order chi connectivity index (χ0) is 14.0. The summed E-state index contributed by atoms with van der Waals surface area (Å²) < 4.78 is 0. The van der Waals surface area contributed by atoms with E-state index in [1.165, 1.54) is 11.3 Å². The van der Waals surface area contributed by atoms with Gasteiger partial charge >= 0.3 is 5.97 Å². The van der Waals surface area contributed by atoms with Crippen LogP contribution in [0.3, 0.4) is 0 Å². The van der Waals surface area contributed by atoms with Crippen molar-refractivity contribution in [3.05, 3.63) is 29.2 Å². The molecule has 2 rings (SSSR count). The number of aromatic nitrogens is 3. The molecule has 19 heavy (non-hydrogen) atoms. The number of nitrogens with zero attached hydrogens (tertiary/aromatic N) is 3. The second-order valence-corrected chi connectivity index (χ2v) is 6.29. The van der Waals surface area contributed by atoms with Gasteiger partial charge in [0, 0.05) is 22.7 Å². The highest BCUT2D eigenvalue weighted by Crippen LogP contribution is 2.33. The molecule has 0 spiro atoms. The van der Waals surface area contributed by atoms with Crippen LogP contribution in [-0.2, 0) is 16.6 Å². The minimum absolute atomic E-state index is 0.00939. The standard InChI is InChI=1S/C13H15N3O2S/c1-13(2,3)11-9(6-10(17)18)19-12(16-11)8-7-14-4-5-15-8/h4-5,7H,6H2,1-3H3,(H,17,18). The van der Waals surface area contributed by atoms with Crippen LogP contribution in [0, 0.1) is 0 Å². The van der Waals surface area contributed by atoms with Gasteiger partial charge in [-0.3, -0.25) is 14.8 Å². The van der Waals surface area contributed by atoms with E-state index >= 15 is 0 Å². The monoisotopic (exact) mass is 277 g/mol. The van der Waals surface area contributed by atoms with E-state index in [0.717, 1.165) is 10.6 Å². The molecule has 100 valence electrons. The fourth-order valence-electron chi connectivity index (χ4n) is 1.71. The summed E-state index contributed by atoms with van der Waals surface area (Å²) in [6.45, 7) is 6.07. The van der Waals surface area contributed by atoms with Gasteiger partial charge in [0.15, 0.2) is 0 Å². The summed E-state index contributed by atoms with van der Waals surface area (Å²) in [5, 5.41) is 9.70. The second kappa shape index (κ2) is 5.05. The SMILES string of the molecule is CC(C)(C)c1nc(-c2cnccn2)sc1CC(=O)O. The van der Waals surface area contributed by atoms with Crippen LogP contribution in [0.25, 0.3) is 10.7 Å². The van der Waals surface area contributed by atoms with Crippen molar-refractivity contribution >= 4 is 17.3 Å². The smallest absolute Gasteiger partial charge is 0.308 e. The van der Waals surface area contributed by atoms with Crippen LogP contribution in [0.1, 0.15) is 31.3 Å². The predicted molar refractivity (Wildman–Crippen MR) is 73.2 cm³/mol. The van der Waals surface area contributed by atoms with Gasteiger partial charge < -0.3 is 5.11 Å². The molecule has 0 amide bonds. The van der Waals surface area contributed by atoms with E-state index in [2.05, 4.69) is 15.0 Å². The third kappa shape index (κ3) is 3.14. The molecule has 0 unspecified atom stereocenters. The quantitative estimate of drug-likeness (QED) is 0.933. The highest BCUT2D eigenvalue weighted by atomic mass is 32.1. The minimum Gasteiger partial charge on any atom is -0.481 e. The van der Waals surface area contributed by atoms with Crippen molar-refractivity contribution < 1.29 is 9.90 Å². The fourth-order valence-corrected chi connectivity index (χ4v) is 2.94. The fraction of sp³-hybridized carbons (Fsp3) is 0.385. The maximum absolute atomic E-state index is 10.9. The maximum Gasteiger partial charge on any atom is 0.308 e. The molecule has 2 heterocycles. The summed E-state index contributed by atoms with van der Waals surface area (Å²) in [6, 6.07) is 0. The Kier molecular flexibility index (Phi) is 3.61. The molecule has 0 fully saturated rings. The first-order chi connectivity index (χ1) is 8.88. The van der Waals surface area contributed by atoms with Gasteiger partial charge in [0.1, 0.15) is 10.7 Å². The van der Waals surface area contributed by atoms with Crippen molar-refractivity contribution in [2.24, 2.45) is 0 Å². The van der Waals surface area contributed by atoms with Gasteiger partial charge in [0.05, 0.1) is 18.3 Å². The Balaban J connectivity index is 2.49. The third-order valence-electron chi connectivity index (χ3n) is 2.50. The van der Waals surface area contributed by atoms with Crippen LogP contribution >= 0.6 is 11.3 Å². The van der Waals surface area contributed by atoms with Crippen LogP contribution in [0.4, 0.5) is 0 Å². The van der Waals surface area contributed by atoms with Gasteiger partial charge in [-0.05, 0) is 0 Å². The van der Waals surface area contributed by atoms with Crippen molar-refractivity contribution in [2.75, 3.05) is 0 Å². The van der Waals surface area contributed by atoms with Crippen molar-refractivity contribution in [2.45, 2.75) is 32.6 Å². The van der Waals surface area contributed by atoms with Gasteiger partial charge in [-0.15, -0.1) is 11.3 Å². The second-order valence-electron chi connectivity index (χ2n) is 5.20. The number of thiazole rings is 1. The molecule has 6 heteroatoms. The lowest BCUT2D eigenvalue weighted by atomic mass is 9.91. The molecule has 0 bridgehead atoms. The Hall–Kier alpha value is -1.82. The topological polar surface area (TPSA) is 76.0 Å². The molecule has 2 aromatic heterocycles. The molecule has 0 aromatic carbocycles. The zero-order valence-electron chi connectivity index (χ0n) is 11.0. The maximum atomic E-state index is 10.9. The minimum atomic E-state index is -0.847. The van der Waals surface area contributed by atoms with E-state index in [4.69, 9.17) is 5.11 Å². The van der Waals surface area contributed by atoms with E-state index in [1.807, 2.05) is 20.8 Å². The lowest BCUT2D eigenvalue weighted by molar-refractivity contribution is -0.136. The number of rotatable bonds is 3. The summed E-state index contributed by atoms with van der Waals surface area (Å²) in [5.41, 5.74) is 1.30. The van der Waals surface area contributed by atoms with Crippen LogP contribution < -0.4 is 0 Å². The number of carbonyl (C=O) groups is 1. The van der Waals surface area contributed by atoms with Crippen molar-refractivity contribution in [3.63, 3.8) is 0 Å². The molecule has 0 radical (unpaired) electrons. The Morgan fingerprint density at radius 1 is 1.37 bits per heavy atom. The highest BCUT2D eigenvalue weighted by Gasteiger charge is 2.25. The predicted octanol–water partition coefficient (Wildman–Crippen LogP) is 2.52. The first kappa shape index (κ1) is 13.6. The molecule has 2 aromatic rings. The molecule has 0 aliphatic heterocycles. The summed E-state index contributed by atoms with van der Waals surface area (Å²) in [6.07, 6.45) is 4.82. The average Bonchev–Trinajstić information content (AvgIpc) is 2.73. The van der Waals surface area contributed by atoms with Gasteiger partial charge in [0.2, 0.25) is 0 Å². The summed E-state index contributed by atoms with van der Waals surface area (Å²) in [5.74, 6) is -0.847. The summed E-state index contributed by atoms with van der Waals surface area (Å²) in [7, 11) is 0. The Morgan fingerprint density at radius 2 is 2.11 bits per heavy atom. The van der Waals surface area contributed by atoms with E-state index in [9.17, 15) is 4.79 Å². The third-order valence-corrected chi connectivity index (χ3v) is 3.58. The highest BCUT2D eigenvalue weighted by molar-refractivity contribution is 7.15. The number of hydrogen-bond donors (Lipinski definition) is 1.